The Morgan fingerprint density at radius 1 is 0.909 bits per heavy atom. The number of rotatable bonds is 1. The summed E-state index contributed by atoms with van der Waals surface area (Å²) in [6.07, 6.45) is 1.29. The zero-order valence-electron chi connectivity index (χ0n) is 11.4. The van der Waals surface area contributed by atoms with Crippen molar-refractivity contribution in [2.75, 3.05) is 0 Å². The Balaban J connectivity index is 0.00000144. The Morgan fingerprint density at radius 3 is 2.36 bits per heavy atom. The van der Waals surface area contributed by atoms with Crippen LogP contribution in [0.25, 0.3) is 32.4 Å². The molecule has 4 nitrogen and oxygen atoms in total. The fourth-order valence-corrected chi connectivity index (χ4v) is 2.73. The molecule has 0 aliphatic heterocycles. The van der Waals surface area contributed by atoms with Crippen LogP contribution in [0, 0.1) is 0 Å². The lowest BCUT2D eigenvalue weighted by molar-refractivity contribution is 0.0693. The highest BCUT2D eigenvalue weighted by molar-refractivity contribution is 6.16. The van der Waals surface area contributed by atoms with Crippen LogP contribution in [0.4, 0.5) is 0 Å². The van der Waals surface area contributed by atoms with Gasteiger partial charge in [0.2, 0.25) is 0 Å². The van der Waals surface area contributed by atoms with Crippen molar-refractivity contribution in [3.8, 4) is 0 Å². The molecule has 0 unspecified atom stereocenters. The number of aromatic nitrogens is 2. The summed E-state index contributed by atoms with van der Waals surface area (Å²) in [6.45, 7) is 0. The Labute approximate surface area is 131 Å². The van der Waals surface area contributed by atoms with Gasteiger partial charge in [-0.25, -0.2) is 14.8 Å². The van der Waals surface area contributed by atoms with E-state index >= 15 is 0 Å². The van der Waals surface area contributed by atoms with Crippen LogP contribution in [-0.4, -0.2) is 21.0 Å². The van der Waals surface area contributed by atoms with Gasteiger partial charge in [-0.15, -0.1) is 12.4 Å². The Morgan fingerprint density at radius 2 is 1.64 bits per heavy atom. The lowest BCUT2D eigenvalue weighted by Crippen LogP contribution is -2.02. The van der Waals surface area contributed by atoms with Gasteiger partial charge in [-0.05, 0) is 39.7 Å². The van der Waals surface area contributed by atoms with Gasteiger partial charge in [0.1, 0.15) is 6.33 Å². The third-order valence-electron chi connectivity index (χ3n) is 3.69. The molecule has 0 bridgehead atoms. The third-order valence-corrected chi connectivity index (χ3v) is 3.69. The highest BCUT2D eigenvalue weighted by Crippen LogP contribution is 2.30. The molecule has 0 fully saturated rings. The molecule has 0 saturated heterocycles. The van der Waals surface area contributed by atoms with Crippen LogP contribution in [0.2, 0.25) is 0 Å². The molecule has 1 aromatic heterocycles. The van der Waals surface area contributed by atoms with Crippen molar-refractivity contribution < 1.29 is 9.90 Å². The van der Waals surface area contributed by atoms with Crippen LogP contribution in [0.3, 0.4) is 0 Å². The van der Waals surface area contributed by atoms with Gasteiger partial charge in [-0.2, -0.15) is 0 Å². The maximum absolute atomic E-state index is 11.4. The van der Waals surface area contributed by atoms with E-state index in [9.17, 15) is 9.90 Å². The lowest BCUT2D eigenvalue weighted by atomic mass is 9.99. The van der Waals surface area contributed by atoms with Gasteiger partial charge in [0.15, 0.2) is 5.69 Å². The SMILES string of the molecule is Cl.O=C(O)c1ncnc2ccc3cc4ccccc4cc3c12. The number of carbonyl (C=O) groups is 1. The summed E-state index contributed by atoms with van der Waals surface area (Å²) in [4.78, 5) is 19.5. The number of carboxylic acid groups (broad SMARTS) is 1. The van der Waals surface area contributed by atoms with Crippen LogP contribution in [0.1, 0.15) is 10.5 Å². The van der Waals surface area contributed by atoms with Crippen molar-refractivity contribution in [1.82, 2.24) is 9.97 Å². The average Bonchev–Trinajstić information content (AvgIpc) is 2.52. The molecular formula is C17H11ClN2O2. The molecule has 4 rings (SSSR count). The van der Waals surface area contributed by atoms with Crippen LogP contribution in [-0.2, 0) is 0 Å². The predicted octanol–water partition coefficient (Wildman–Crippen LogP) is 4.06. The van der Waals surface area contributed by atoms with E-state index in [1.807, 2.05) is 42.5 Å². The summed E-state index contributed by atoms with van der Waals surface area (Å²) in [6, 6.07) is 15.9. The van der Waals surface area contributed by atoms with Crippen molar-refractivity contribution in [3.05, 3.63) is 60.6 Å². The zero-order valence-corrected chi connectivity index (χ0v) is 12.2. The molecule has 0 saturated carbocycles. The molecule has 0 atom stereocenters. The largest absolute Gasteiger partial charge is 0.476 e. The van der Waals surface area contributed by atoms with Crippen molar-refractivity contribution in [2.45, 2.75) is 0 Å². The van der Waals surface area contributed by atoms with Gasteiger partial charge in [-0.3, -0.25) is 0 Å². The van der Waals surface area contributed by atoms with Gasteiger partial charge in [-0.1, -0.05) is 30.3 Å². The van der Waals surface area contributed by atoms with Gasteiger partial charge in [0.05, 0.1) is 5.52 Å². The number of nitrogens with zero attached hydrogens (tertiary/aromatic N) is 2. The number of hydrogen-bond acceptors (Lipinski definition) is 3. The van der Waals surface area contributed by atoms with Crippen molar-refractivity contribution in [3.63, 3.8) is 0 Å². The molecule has 0 aliphatic carbocycles. The highest BCUT2D eigenvalue weighted by atomic mass is 35.5. The fraction of sp³-hybridized carbons (Fsp3) is 0. The molecular weight excluding hydrogens is 300 g/mol. The molecule has 0 radical (unpaired) electrons. The number of hydrogen-bond donors (Lipinski definition) is 1. The number of fused-ring (bicyclic) bond motifs is 4. The number of carboxylic acids is 1. The van der Waals surface area contributed by atoms with E-state index < -0.39 is 5.97 Å². The van der Waals surface area contributed by atoms with E-state index in [0.717, 1.165) is 21.5 Å². The third kappa shape index (κ3) is 2.05. The highest BCUT2D eigenvalue weighted by Gasteiger charge is 2.14. The second-order valence-corrected chi connectivity index (χ2v) is 4.91. The summed E-state index contributed by atoms with van der Waals surface area (Å²) in [5, 5.41) is 14.0. The molecule has 1 N–H and O–H groups in total. The maximum Gasteiger partial charge on any atom is 0.355 e. The fourth-order valence-electron chi connectivity index (χ4n) is 2.73. The van der Waals surface area contributed by atoms with E-state index in [4.69, 9.17) is 0 Å². The molecule has 108 valence electrons. The van der Waals surface area contributed by atoms with E-state index in [1.165, 1.54) is 6.33 Å². The molecule has 22 heavy (non-hydrogen) atoms. The summed E-state index contributed by atoms with van der Waals surface area (Å²) >= 11 is 0. The molecule has 0 amide bonds. The van der Waals surface area contributed by atoms with Crippen molar-refractivity contribution in [1.29, 1.82) is 0 Å². The van der Waals surface area contributed by atoms with Gasteiger partial charge >= 0.3 is 5.97 Å². The van der Waals surface area contributed by atoms with Crippen LogP contribution in [0.15, 0.2) is 54.9 Å². The van der Waals surface area contributed by atoms with Gasteiger partial charge < -0.3 is 5.11 Å². The average molecular weight is 311 g/mol. The van der Waals surface area contributed by atoms with E-state index in [2.05, 4.69) is 16.0 Å². The Bertz CT molecular complexity index is 1030. The molecule has 3 aromatic carbocycles. The summed E-state index contributed by atoms with van der Waals surface area (Å²) in [5.74, 6) is -1.04. The smallest absolute Gasteiger partial charge is 0.355 e. The second kappa shape index (κ2) is 5.24. The molecule has 4 aromatic rings. The Kier molecular flexibility index (Phi) is 3.39. The first-order chi connectivity index (χ1) is 10.2. The van der Waals surface area contributed by atoms with Crippen LogP contribution >= 0.6 is 12.4 Å². The molecule has 0 spiro atoms. The van der Waals surface area contributed by atoms with Crippen molar-refractivity contribution in [2.24, 2.45) is 0 Å². The monoisotopic (exact) mass is 310 g/mol. The van der Waals surface area contributed by atoms with Gasteiger partial charge in [0, 0.05) is 5.39 Å². The number of aromatic carboxylic acids is 1. The van der Waals surface area contributed by atoms with Crippen LogP contribution < -0.4 is 0 Å². The first kappa shape index (κ1) is 14.2. The zero-order chi connectivity index (χ0) is 14.4. The molecule has 1 heterocycles. The minimum absolute atomic E-state index is 0. The number of halogens is 1. The summed E-state index contributed by atoms with van der Waals surface area (Å²) in [5.41, 5.74) is 0.686. The normalized spacial score (nSPS) is 10.7. The molecule has 5 heteroatoms. The maximum atomic E-state index is 11.4. The minimum atomic E-state index is -1.04. The summed E-state index contributed by atoms with van der Waals surface area (Å²) in [7, 11) is 0. The Hall–Kier alpha value is -2.72. The first-order valence-electron chi connectivity index (χ1n) is 6.53. The van der Waals surface area contributed by atoms with Crippen molar-refractivity contribution >= 4 is 50.8 Å². The number of benzene rings is 3. The standard InChI is InChI=1S/C17H10N2O2.ClH/c20-17(21)16-15-13-8-11-4-2-1-3-10(11)7-12(13)5-6-14(15)18-9-19-16;/h1-9H,(H,20,21);1H. The minimum Gasteiger partial charge on any atom is -0.476 e. The van der Waals surface area contributed by atoms with Gasteiger partial charge in [0.25, 0.3) is 0 Å². The van der Waals surface area contributed by atoms with E-state index in [-0.39, 0.29) is 18.1 Å². The predicted molar refractivity (Wildman–Crippen MR) is 88.8 cm³/mol. The first-order valence-corrected chi connectivity index (χ1v) is 6.53. The summed E-state index contributed by atoms with van der Waals surface area (Å²) < 4.78 is 0. The second-order valence-electron chi connectivity index (χ2n) is 4.91. The quantitative estimate of drug-likeness (QED) is 0.425. The topological polar surface area (TPSA) is 63.1 Å². The van der Waals surface area contributed by atoms with Crippen LogP contribution in [0.5, 0.6) is 0 Å². The van der Waals surface area contributed by atoms with E-state index in [1.54, 1.807) is 0 Å². The lowest BCUT2D eigenvalue weighted by Gasteiger charge is -2.07. The molecule has 0 aliphatic rings. The van der Waals surface area contributed by atoms with E-state index in [0.29, 0.717) is 10.9 Å².